The van der Waals surface area contributed by atoms with Gasteiger partial charge in [-0.15, -0.1) is 0 Å². The Morgan fingerprint density at radius 3 is 2.64 bits per heavy atom. The molecule has 114 valence electrons. The molecule has 0 bridgehead atoms. The van der Waals surface area contributed by atoms with Crippen molar-refractivity contribution in [3.8, 4) is 5.75 Å². The van der Waals surface area contributed by atoms with E-state index in [1.165, 1.54) is 0 Å². The molecule has 2 aromatic rings. The fraction of sp³-hybridized carbons (Fsp3) is 0.176. The Labute approximate surface area is 129 Å². The molecular formula is C17H19N3O2. The summed E-state index contributed by atoms with van der Waals surface area (Å²) in [5.41, 5.74) is 11.5. The Morgan fingerprint density at radius 2 is 1.95 bits per heavy atom. The highest BCUT2D eigenvalue weighted by Crippen LogP contribution is 2.11. The summed E-state index contributed by atoms with van der Waals surface area (Å²) < 4.78 is 5.38. The average molecular weight is 297 g/mol. The molecule has 2 aromatic carbocycles. The van der Waals surface area contributed by atoms with Gasteiger partial charge in [-0.3, -0.25) is 4.79 Å². The van der Waals surface area contributed by atoms with Crippen LogP contribution in [0.1, 0.15) is 18.1 Å². The van der Waals surface area contributed by atoms with E-state index in [9.17, 15) is 4.79 Å². The number of hydrazone groups is 1. The van der Waals surface area contributed by atoms with E-state index >= 15 is 0 Å². The summed E-state index contributed by atoms with van der Waals surface area (Å²) in [7, 11) is 0. The normalized spacial score (nSPS) is 11.1. The van der Waals surface area contributed by atoms with E-state index in [1.807, 2.05) is 43.3 Å². The Bertz CT molecular complexity index is 679. The molecule has 0 aromatic heterocycles. The summed E-state index contributed by atoms with van der Waals surface area (Å²) in [5, 5.41) is 4.04. The number of carbonyl (C=O) groups excluding carboxylic acids is 1. The van der Waals surface area contributed by atoms with Crippen molar-refractivity contribution in [1.82, 2.24) is 5.43 Å². The fourth-order valence-electron chi connectivity index (χ4n) is 1.79. The van der Waals surface area contributed by atoms with Gasteiger partial charge in [-0.1, -0.05) is 29.8 Å². The average Bonchev–Trinajstić information content (AvgIpc) is 2.52. The van der Waals surface area contributed by atoms with Crippen LogP contribution in [0.15, 0.2) is 53.6 Å². The molecular weight excluding hydrogens is 278 g/mol. The summed E-state index contributed by atoms with van der Waals surface area (Å²) >= 11 is 0. The minimum atomic E-state index is -0.316. The summed E-state index contributed by atoms with van der Waals surface area (Å²) in [4.78, 5) is 11.7. The van der Waals surface area contributed by atoms with E-state index in [-0.39, 0.29) is 12.5 Å². The number of carbonyl (C=O) groups is 1. The molecule has 0 saturated carbocycles. The molecule has 0 fully saturated rings. The Balaban J connectivity index is 1.86. The van der Waals surface area contributed by atoms with Crippen LogP contribution in [0.5, 0.6) is 5.75 Å². The van der Waals surface area contributed by atoms with Crippen molar-refractivity contribution >= 4 is 17.3 Å². The van der Waals surface area contributed by atoms with Crippen LogP contribution in [0, 0.1) is 6.92 Å². The monoisotopic (exact) mass is 297 g/mol. The number of rotatable bonds is 5. The van der Waals surface area contributed by atoms with Gasteiger partial charge in [-0.25, -0.2) is 5.43 Å². The number of hydrogen-bond donors (Lipinski definition) is 2. The number of ether oxygens (including phenoxy) is 1. The summed E-state index contributed by atoms with van der Waals surface area (Å²) in [6.07, 6.45) is 0. The predicted octanol–water partition coefficient (Wildman–Crippen LogP) is 2.50. The van der Waals surface area contributed by atoms with Crippen molar-refractivity contribution in [2.45, 2.75) is 13.8 Å². The van der Waals surface area contributed by atoms with Crippen LogP contribution < -0.4 is 15.9 Å². The van der Waals surface area contributed by atoms with Gasteiger partial charge in [0.1, 0.15) is 5.75 Å². The van der Waals surface area contributed by atoms with E-state index in [0.717, 1.165) is 11.1 Å². The molecule has 0 radical (unpaired) electrons. The second-order valence-electron chi connectivity index (χ2n) is 4.96. The fourth-order valence-corrected chi connectivity index (χ4v) is 1.79. The molecule has 0 heterocycles. The molecule has 3 N–H and O–H groups in total. The topological polar surface area (TPSA) is 76.7 Å². The highest BCUT2D eigenvalue weighted by molar-refractivity contribution is 5.99. The van der Waals surface area contributed by atoms with Crippen LogP contribution in [-0.2, 0) is 4.79 Å². The highest BCUT2D eigenvalue weighted by atomic mass is 16.5. The van der Waals surface area contributed by atoms with E-state index in [0.29, 0.717) is 17.1 Å². The number of nitrogens with two attached hydrogens (primary N) is 1. The lowest BCUT2D eigenvalue weighted by molar-refractivity contribution is -0.123. The van der Waals surface area contributed by atoms with Crippen LogP contribution in [0.2, 0.25) is 0 Å². The maximum absolute atomic E-state index is 11.7. The minimum absolute atomic E-state index is 0.0865. The maximum Gasteiger partial charge on any atom is 0.277 e. The van der Waals surface area contributed by atoms with Crippen LogP contribution in [-0.4, -0.2) is 18.2 Å². The lowest BCUT2D eigenvalue weighted by Crippen LogP contribution is -2.25. The number of hydrogen-bond acceptors (Lipinski definition) is 4. The van der Waals surface area contributed by atoms with E-state index in [2.05, 4.69) is 10.5 Å². The molecule has 22 heavy (non-hydrogen) atoms. The molecule has 0 aliphatic carbocycles. The smallest absolute Gasteiger partial charge is 0.277 e. The second-order valence-corrected chi connectivity index (χ2v) is 4.96. The summed E-state index contributed by atoms with van der Waals surface area (Å²) in [6.45, 7) is 3.71. The number of anilines is 1. The number of nitrogens with one attached hydrogen (secondary N) is 1. The van der Waals surface area contributed by atoms with Crippen molar-refractivity contribution in [2.75, 3.05) is 12.3 Å². The third kappa shape index (κ3) is 4.63. The van der Waals surface area contributed by atoms with E-state index in [1.54, 1.807) is 19.1 Å². The van der Waals surface area contributed by atoms with Crippen LogP contribution in [0.4, 0.5) is 5.69 Å². The second kappa shape index (κ2) is 7.26. The van der Waals surface area contributed by atoms with E-state index in [4.69, 9.17) is 10.5 Å². The molecule has 0 unspecified atom stereocenters. The standard InChI is InChI=1S/C17H19N3O2/c1-12-6-8-16(9-7-12)22-11-17(21)20-19-13(2)14-4-3-5-15(18)10-14/h3-10H,11,18H2,1-2H3,(H,20,21). The molecule has 5 heteroatoms. The molecule has 0 aliphatic heterocycles. The number of aryl methyl sites for hydroxylation is 1. The van der Waals surface area contributed by atoms with Gasteiger partial charge in [0.15, 0.2) is 6.61 Å². The van der Waals surface area contributed by atoms with Crippen molar-refractivity contribution in [2.24, 2.45) is 5.10 Å². The first-order valence-corrected chi connectivity index (χ1v) is 6.93. The zero-order chi connectivity index (χ0) is 15.9. The van der Waals surface area contributed by atoms with Gasteiger partial charge in [0, 0.05) is 5.69 Å². The number of benzene rings is 2. The highest BCUT2D eigenvalue weighted by Gasteiger charge is 2.03. The minimum Gasteiger partial charge on any atom is -0.484 e. The van der Waals surface area contributed by atoms with Gasteiger partial charge in [0.2, 0.25) is 0 Å². The maximum atomic E-state index is 11.7. The summed E-state index contributed by atoms with van der Waals surface area (Å²) in [6, 6.07) is 14.8. The van der Waals surface area contributed by atoms with Gasteiger partial charge in [0.05, 0.1) is 5.71 Å². The molecule has 0 saturated heterocycles. The zero-order valence-electron chi connectivity index (χ0n) is 12.7. The molecule has 0 atom stereocenters. The zero-order valence-corrected chi connectivity index (χ0v) is 12.7. The van der Waals surface area contributed by atoms with Crippen LogP contribution in [0.3, 0.4) is 0 Å². The first-order chi connectivity index (χ1) is 10.5. The lowest BCUT2D eigenvalue weighted by atomic mass is 10.1. The molecule has 0 spiro atoms. The van der Waals surface area contributed by atoms with Gasteiger partial charge in [0.25, 0.3) is 5.91 Å². The van der Waals surface area contributed by atoms with Crippen molar-refractivity contribution in [3.63, 3.8) is 0 Å². The largest absolute Gasteiger partial charge is 0.484 e. The molecule has 0 aliphatic rings. The third-order valence-electron chi connectivity index (χ3n) is 3.04. The van der Waals surface area contributed by atoms with Gasteiger partial charge >= 0.3 is 0 Å². The quantitative estimate of drug-likeness (QED) is 0.506. The summed E-state index contributed by atoms with van der Waals surface area (Å²) in [5.74, 6) is 0.334. The Kier molecular flexibility index (Phi) is 5.14. The molecule has 2 rings (SSSR count). The lowest BCUT2D eigenvalue weighted by Gasteiger charge is -2.06. The first-order valence-electron chi connectivity index (χ1n) is 6.93. The Morgan fingerprint density at radius 1 is 1.23 bits per heavy atom. The molecule has 5 nitrogen and oxygen atoms in total. The Hall–Kier alpha value is -2.82. The predicted molar refractivity (Wildman–Crippen MR) is 87.9 cm³/mol. The SMILES string of the molecule is CC(=NNC(=O)COc1ccc(C)cc1)c1cccc(N)c1. The van der Waals surface area contributed by atoms with Gasteiger partial charge < -0.3 is 10.5 Å². The van der Waals surface area contributed by atoms with Crippen molar-refractivity contribution in [3.05, 3.63) is 59.7 Å². The number of nitrogens with zero attached hydrogens (tertiary/aromatic N) is 1. The number of amides is 1. The van der Waals surface area contributed by atoms with Gasteiger partial charge in [-0.2, -0.15) is 5.10 Å². The third-order valence-corrected chi connectivity index (χ3v) is 3.04. The van der Waals surface area contributed by atoms with Crippen LogP contribution >= 0.6 is 0 Å². The van der Waals surface area contributed by atoms with Gasteiger partial charge in [-0.05, 0) is 43.7 Å². The first kappa shape index (κ1) is 15.6. The van der Waals surface area contributed by atoms with Crippen molar-refractivity contribution < 1.29 is 9.53 Å². The van der Waals surface area contributed by atoms with E-state index < -0.39 is 0 Å². The molecule has 1 amide bonds. The van der Waals surface area contributed by atoms with Crippen molar-refractivity contribution in [1.29, 1.82) is 0 Å². The van der Waals surface area contributed by atoms with Crippen LogP contribution in [0.25, 0.3) is 0 Å². The number of nitrogen functional groups attached to an aromatic ring is 1.